The average molecular weight is 361 g/mol. The SMILES string of the molecule is CC.CCCCCc1ccc(-c2ccc(CCBr)cc2)cc1. The molecule has 0 spiro atoms. The molecule has 0 amide bonds. The smallest absolute Gasteiger partial charge is 0.00718 e. The van der Waals surface area contributed by atoms with Crippen LogP contribution in [0.15, 0.2) is 48.5 Å². The molecule has 0 atom stereocenters. The van der Waals surface area contributed by atoms with Gasteiger partial charge in [0, 0.05) is 5.33 Å². The molecule has 0 nitrogen and oxygen atoms in total. The van der Waals surface area contributed by atoms with Crippen molar-refractivity contribution in [2.24, 2.45) is 0 Å². The fourth-order valence-electron chi connectivity index (χ4n) is 2.42. The summed E-state index contributed by atoms with van der Waals surface area (Å²) in [7, 11) is 0. The normalized spacial score (nSPS) is 10.0. The highest BCUT2D eigenvalue weighted by atomic mass is 79.9. The number of aryl methyl sites for hydroxylation is 2. The Bertz CT molecular complexity index is 496. The molecule has 0 aliphatic heterocycles. The number of unbranched alkanes of at least 4 members (excludes halogenated alkanes) is 2. The first-order valence-electron chi connectivity index (χ1n) is 8.57. The van der Waals surface area contributed by atoms with E-state index in [0.717, 1.165) is 11.8 Å². The third kappa shape index (κ3) is 6.36. The van der Waals surface area contributed by atoms with Crippen LogP contribution in [-0.4, -0.2) is 5.33 Å². The molecular weight excluding hydrogens is 332 g/mol. The number of alkyl halides is 1. The molecule has 2 aromatic rings. The molecule has 0 radical (unpaired) electrons. The van der Waals surface area contributed by atoms with Crippen LogP contribution in [0.3, 0.4) is 0 Å². The van der Waals surface area contributed by atoms with Gasteiger partial charge >= 0.3 is 0 Å². The first-order valence-corrected chi connectivity index (χ1v) is 9.70. The van der Waals surface area contributed by atoms with Crippen LogP contribution in [-0.2, 0) is 12.8 Å². The lowest BCUT2D eigenvalue weighted by molar-refractivity contribution is 0.717. The second kappa shape index (κ2) is 11.5. The summed E-state index contributed by atoms with van der Waals surface area (Å²) in [6, 6.07) is 18.0. The van der Waals surface area contributed by atoms with Crippen LogP contribution >= 0.6 is 15.9 Å². The summed E-state index contributed by atoms with van der Waals surface area (Å²) in [6.07, 6.45) is 6.22. The Morgan fingerprint density at radius 1 is 0.682 bits per heavy atom. The molecule has 120 valence electrons. The molecule has 0 unspecified atom stereocenters. The Labute approximate surface area is 145 Å². The lowest BCUT2D eigenvalue weighted by Crippen LogP contribution is -1.87. The van der Waals surface area contributed by atoms with Crippen molar-refractivity contribution in [2.75, 3.05) is 5.33 Å². The Kier molecular flexibility index (Phi) is 9.90. The molecule has 22 heavy (non-hydrogen) atoms. The van der Waals surface area contributed by atoms with Gasteiger partial charge in [0.15, 0.2) is 0 Å². The van der Waals surface area contributed by atoms with Crippen LogP contribution in [0.5, 0.6) is 0 Å². The Hall–Kier alpha value is -1.08. The van der Waals surface area contributed by atoms with Crippen LogP contribution in [0, 0.1) is 0 Å². The van der Waals surface area contributed by atoms with Gasteiger partial charge in [-0.15, -0.1) is 0 Å². The topological polar surface area (TPSA) is 0 Å². The van der Waals surface area contributed by atoms with Gasteiger partial charge in [0.1, 0.15) is 0 Å². The number of benzene rings is 2. The third-order valence-corrected chi connectivity index (χ3v) is 4.09. The van der Waals surface area contributed by atoms with E-state index in [-0.39, 0.29) is 0 Å². The zero-order chi connectivity index (χ0) is 16.2. The summed E-state index contributed by atoms with van der Waals surface area (Å²) in [4.78, 5) is 0. The summed E-state index contributed by atoms with van der Waals surface area (Å²) >= 11 is 3.48. The molecule has 0 aliphatic rings. The molecular formula is C21H29Br. The van der Waals surface area contributed by atoms with Gasteiger partial charge in [-0.3, -0.25) is 0 Å². The predicted octanol–water partition coefficient (Wildman–Crippen LogP) is 7.05. The predicted molar refractivity (Wildman–Crippen MR) is 104 cm³/mol. The molecule has 0 aromatic heterocycles. The molecule has 0 N–H and O–H groups in total. The molecule has 2 aromatic carbocycles. The number of rotatable bonds is 7. The minimum atomic E-state index is 1.03. The van der Waals surface area contributed by atoms with Crippen molar-refractivity contribution < 1.29 is 0 Å². The van der Waals surface area contributed by atoms with Crippen LogP contribution < -0.4 is 0 Å². The van der Waals surface area contributed by atoms with Gasteiger partial charge in [0.05, 0.1) is 0 Å². The van der Waals surface area contributed by atoms with E-state index in [1.54, 1.807) is 0 Å². The fraction of sp³-hybridized carbons (Fsp3) is 0.429. The van der Waals surface area contributed by atoms with E-state index in [2.05, 4.69) is 71.4 Å². The van der Waals surface area contributed by atoms with Gasteiger partial charge in [0.25, 0.3) is 0 Å². The second-order valence-corrected chi connectivity index (χ2v) is 6.08. The summed E-state index contributed by atoms with van der Waals surface area (Å²) < 4.78 is 0. The van der Waals surface area contributed by atoms with E-state index in [1.807, 2.05) is 13.8 Å². The van der Waals surface area contributed by atoms with Crippen molar-refractivity contribution in [3.63, 3.8) is 0 Å². The van der Waals surface area contributed by atoms with Crippen LogP contribution in [0.25, 0.3) is 11.1 Å². The van der Waals surface area contributed by atoms with E-state index in [4.69, 9.17) is 0 Å². The number of halogens is 1. The van der Waals surface area contributed by atoms with E-state index < -0.39 is 0 Å². The molecule has 2 rings (SSSR count). The monoisotopic (exact) mass is 360 g/mol. The minimum Gasteiger partial charge on any atom is -0.0924 e. The van der Waals surface area contributed by atoms with Gasteiger partial charge in [-0.25, -0.2) is 0 Å². The molecule has 0 heterocycles. The van der Waals surface area contributed by atoms with E-state index in [1.165, 1.54) is 47.9 Å². The van der Waals surface area contributed by atoms with Crippen LogP contribution in [0.2, 0.25) is 0 Å². The minimum absolute atomic E-state index is 1.03. The Balaban J connectivity index is 0.00000116. The quantitative estimate of drug-likeness (QED) is 0.366. The van der Waals surface area contributed by atoms with Crippen molar-refractivity contribution in [1.82, 2.24) is 0 Å². The highest BCUT2D eigenvalue weighted by Gasteiger charge is 1.99. The summed E-state index contributed by atoms with van der Waals surface area (Å²) in [5.74, 6) is 0. The summed E-state index contributed by atoms with van der Waals surface area (Å²) in [5.41, 5.74) is 5.47. The maximum atomic E-state index is 3.48. The van der Waals surface area contributed by atoms with E-state index >= 15 is 0 Å². The maximum absolute atomic E-state index is 3.48. The van der Waals surface area contributed by atoms with Gasteiger partial charge in [0.2, 0.25) is 0 Å². The first kappa shape index (κ1) is 19.0. The molecule has 0 saturated heterocycles. The highest BCUT2D eigenvalue weighted by molar-refractivity contribution is 9.09. The van der Waals surface area contributed by atoms with Crippen LogP contribution in [0.1, 0.15) is 51.2 Å². The largest absolute Gasteiger partial charge is 0.0924 e. The maximum Gasteiger partial charge on any atom is 0.00718 e. The summed E-state index contributed by atoms with van der Waals surface area (Å²) in [6.45, 7) is 6.25. The fourth-order valence-corrected chi connectivity index (χ4v) is 2.87. The molecule has 0 aliphatic carbocycles. The van der Waals surface area contributed by atoms with Crippen molar-refractivity contribution >= 4 is 15.9 Å². The average Bonchev–Trinajstić information content (AvgIpc) is 2.59. The second-order valence-electron chi connectivity index (χ2n) is 5.29. The van der Waals surface area contributed by atoms with Crippen molar-refractivity contribution in [1.29, 1.82) is 0 Å². The van der Waals surface area contributed by atoms with Crippen molar-refractivity contribution in [3.8, 4) is 11.1 Å². The van der Waals surface area contributed by atoms with Gasteiger partial charge in [-0.05, 0) is 41.5 Å². The van der Waals surface area contributed by atoms with Gasteiger partial charge in [-0.1, -0.05) is 98.1 Å². The standard InChI is InChI=1S/C19H23Br.C2H6/c1-2-3-4-5-16-6-10-18(11-7-16)19-12-8-17(9-13-19)14-15-20;1-2/h6-13H,2-5,14-15H2,1H3;1-2H3. The molecule has 0 bridgehead atoms. The lowest BCUT2D eigenvalue weighted by atomic mass is 10.00. The van der Waals surface area contributed by atoms with Crippen molar-refractivity contribution in [2.45, 2.75) is 52.9 Å². The summed E-state index contributed by atoms with van der Waals surface area (Å²) in [5, 5.41) is 1.03. The molecule has 0 fully saturated rings. The highest BCUT2D eigenvalue weighted by Crippen LogP contribution is 2.21. The van der Waals surface area contributed by atoms with Crippen LogP contribution in [0.4, 0.5) is 0 Å². The Morgan fingerprint density at radius 3 is 1.55 bits per heavy atom. The molecule has 0 saturated carbocycles. The van der Waals surface area contributed by atoms with Crippen molar-refractivity contribution in [3.05, 3.63) is 59.7 Å². The first-order chi connectivity index (χ1) is 10.8. The Morgan fingerprint density at radius 2 is 1.14 bits per heavy atom. The van der Waals surface area contributed by atoms with Gasteiger partial charge < -0.3 is 0 Å². The lowest BCUT2D eigenvalue weighted by Gasteiger charge is -2.06. The zero-order valence-electron chi connectivity index (χ0n) is 14.2. The number of hydrogen-bond donors (Lipinski definition) is 0. The number of hydrogen-bond acceptors (Lipinski definition) is 0. The molecule has 1 heteroatoms. The van der Waals surface area contributed by atoms with E-state index in [9.17, 15) is 0 Å². The van der Waals surface area contributed by atoms with Gasteiger partial charge in [-0.2, -0.15) is 0 Å². The third-order valence-electron chi connectivity index (χ3n) is 3.69. The van der Waals surface area contributed by atoms with E-state index in [0.29, 0.717) is 0 Å². The zero-order valence-corrected chi connectivity index (χ0v) is 15.8.